The van der Waals surface area contributed by atoms with Crippen LogP contribution in [-0.4, -0.2) is 46.0 Å². The van der Waals surface area contributed by atoms with Crippen LogP contribution in [0.4, 0.5) is 5.82 Å². The number of anilines is 1. The minimum Gasteiger partial charge on any atom is -0.354 e. The van der Waals surface area contributed by atoms with Crippen molar-refractivity contribution in [1.29, 1.82) is 5.26 Å². The lowest BCUT2D eigenvalue weighted by atomic mass is 9.92. The number of fused-ring (bicyclic) bond motifs is 1. The van der Waals surface area contributed by atoms with Gasteiger partial charge in [0, 0.05) is 32.4 Å². The summed E-state index contributed by atoms with van der Waals surface area (Å²) in [7, 11) is 2.13. The van der Waals surface area contributed by atoms with Gasteiger partial charge in [-0.25, -0.2) is 9.97 Å². The number of hydrogen-bond donors (Lipinski definition) is 1. The second-order valence-electron chi connectivity index (χ2n) is 7.43. The maximum atomic E-state index is 9.13. The summed E-state index contributed by atoms with van der Waals surface area (Å²) >= 11 is 0. The largest absolute Gasteiger partial charge is 0.354 e. The Morgan fingerprint density at radius 2 is 2.22 bits per heavy atom. The van der Waals surface area contributed by atoms with Crippen molar-refractivity contribution in [3.8, 4) is 6.07 Å². The van der Waals surface area contributed by atoms with Gasteiger partial charge in [0.05, 0.1) is 17.0 Å². The highest BCUT2D eigenvalue weighted by Gasteiger charge is 2.30. The number of H-pyrrole nitrogens is 1. The molecular formula is C21H24N6. The Hall–Kier alpha value is -2.91. The second kappa shape index (κ2) is 7.37. The Morgan fingerprint density at radius 1 is 1.33 bits per heavy atom. The van der Waals surface area contributed by atoms with Crippen LogP contribution in [0, 0.1) is 17.2 Å². The summed E-state index contributed by atoms with van der Waals surface area (Å²) in [6.07, 6.45) is 4.69. The third-order valence-corrected chi connectivity index (χ3v) is 5.63. The van der Waals surface area contributed by atoms with E-state index in [1.54, 1.807) is 6.33 Å². The molecule has 3 aromatic rings. The van der Waals surface area contributed by atoms with Crippen molar-refractivity contribution in [2.75, 3.05) is 25.0 Å². The van der Waals surface area contributed by atoms with Crippen LogP contribution < -0.4 is 4.90 Å². The Labute approximate surface area is 159 Å². The van der Waals surface area contributed by atoms with E-state index in [9.17, 15) is 0 Å². The zero-order valence-corrected chi connectivity index (χ0v) is 15.8. The SMILES string of the molecule is CC1CCN(Cc2cccc(C#N)c2)CC1N(C)c1ncnc2[nH]ccc12. The van der Waals surface area contributed by atoms with Crippen LogP contribution in [0.2, 0.25) is 0 Å². The van der Waals surface area contributed by atoms with Crippen LogP contribution in [0.15, 0.2) is 42.9 Å². The molecule has 0 bridgehead atoms. The Bertz CT molecular complexity index is 972. The van der Waals surface area contributed by atoms with Crippen molar-refractivity contribution < 1.29 is 0 Å². The van der Waals surface area contributed by atoms with E-state index in [1.807, 2.05) is 30.5 Å². The van der Waals surface area contributed by atoms with Gasteiger partial charge in [-0.2, -0.15) is 5.26 Å². The van der Waals surface area contributed by atoms with Gasteiger partial charge in [-0.3, -0.25) is 4.90 Å². The summed E-state index contributed by atoms with van der Waals surface area (Å²) in [5.41, 5.74) is 2.79. The van der Waals surface area contributed by atoms with Crippen molar-refractivity contribution in [3.63, 3.8) is 0 Å². The van der Waals surface area contributed by atoms with Crippen molar-refractivity contribution in [2.45, 2.75) is 25.9 Å². The lowest BCUT2D eigenvalue weighted by Crippen LogP contribution is -2.50. The number of benzene rings is 1. The molecule has 0 aliphatic carbocycles. The molecule has 1 N–H and O–H groups in total. The fraction of sp³-hybridized carbons (Fsp3) is 0.381. The predicted molar refractivity (Wildman–Crippen MR) is 106 cm³/mol. The van der Waals surface area contributed by atoms with Gasteiger partial charge in [0.1, 0.15) is 17.8 Å². The highest BCUT2D eigenvalue weighted by molar-refractivity contribution is 5.87. The van der Waals surface area contributed by atoms with Gasteiger partial charge in [-0.15, -0.1) is 0 Å². The van der Waals surface area contributed by atoms with Crippen molar-refractivity contribution in [2.24, 2.45) is 5.92 Å². The third kappa shape index (κ3) is 3.51. The lowest BCUT2D eigenvalue weighted by Gasteiger charge is -2.42. The summed E-state index contributed by atoms with van der Waals surface area (Å²) in [5.74, 6) is 1.56. The summed E-state index contributed by atoms with van der Waals surface area (Å²) in [5, 5.41) is 10.2. The van der Waals surface area contributed by atoms with E-state index >= 15 is 0 Å². The lowest BCUT2D eigenvalue weighted by molar-refractivity contribution is 0.159. The molecule has 1 aliphatic rings. The van der Waals surface area contributed by atoms with Crippen LogP contribution >= 0.6 is 0 Å². The van der Waals surface area contributed by atoms with Crippen LogP contribution in [0.3, 0.4) is 0 Å². The number of nitrogens with zero attached hydrogens (tertiary/aromatic N) is 5. The molecule has 27 heavy (non-hydrogen) atoms. The molecule has 0 amide bonds. The molecule has 0 saturated carbocycles. The van der Waals surface area contributed by atoms with Gasteiger partial charge < -0.3 is 9.88 Å². The molecule has 2 aromatic heterocycles. The van der Waals surface area contributed by atoms with Gasteiger partial charge in [-0.05, 0) is 42.6 Å². The number of rotatable bonds is 4. The molecule has 0 spiro atoms. The maximum absolute atomic E-state index is 9.13. The topological polar surface area (TPSA) is 71.8 Å². The third-order valence-electron chi connectivity index (χ3n) is 5.63. The first-order chi connectivity index (χ1) is 13.2. The summed E-state index contributed by atoms with van der Waals surface area (Å²) in [4.78, 5) is 16.8. The molecule has 2 atom stereocenters. The number of likely N-dealkylation sites (N-methyl/N-ethyl adjacent to an activating group) is 1. The Kier molecular flexibility index (Phi) is 4.78. The minimum absolute atomic E-state index is 0.380. The molecule has 0 radical (unpaired) electrons. The predicted octanol–water partition coefficient (Wildman–Crippen LogP) is 3.18. The van der Waals surface area contributed by atoms with Gasteiger partial charge >= 0.3 is 0 Å². The zero-order chi connectivity index (χ0) is 18.8. The average Bonchev–Trinajstić information content (AvgIpc) is 3.18. The Balaban J connectivity index is 1.53. The van der Waals surface area contributed by atoms with E-state index in [4.69, 9.17) is 5.26 Å². The fourth-order valence-corrected chi connectivity index (χ4v) is 4.06. The van der Waals surface area contributed by atoms with E-state index < -0.39 is 0 Å². The molecule has 6 heteroatoms. The minimum atomic E-state index is 0.380. The number of likely N-dealkylation sites (tertiary alicyclic amines) is 1. The highest BCUT2D eigenvalue weighted by atomic mass is 15.3. The summed E-state index contributed by atoms with van der Waals surface area (Å²) in [6, 6.07) is 12.6. The standard InChI is InChI=1S/C21H24N6/c1-15-7-9-27(12-17-5-3-4-16(10-17)11-22)13-19(15)26(2)21-18-6-8-23-20(18)24-14-25-21/h3-6,8,10,14-15,19H,7,9,12-13H2,1-2H3,(H,23,24,25). The molecule has 6 nitrogen and oxygen atoms in total. The Morgan fingerprint density at radius 3 is 3.07 bits per heavy atom. The molecule has 2 unspecified atom stereocenters. The highest BCUT2D eigenvalue weighted by Crippen LogP contribution is 2.29. The van der Waals surface area contributed by atoms with E-state index in [0.29, 0.717) is 12.0 Å². The monoisotopic (exact) mass is 360 g/mol. The zero-order valence-electron chi connectivity index (χ0n) is 15.8. The van der Waals surface area contributed by atoms with Crippen molar-refractivity contribution in [1.82, 2.24) is 19.9 Å². The quantitative estimate of drug-likeness (QED) is 0.774. The van der Waals surface area contributed by atoms with E-state index in [0.717, 1.165) is 48.5 Å². The molecular weight excluding hydrogens is 336 g/mol. The number of nitriles is 1. The maximum Gasteiger partial charge on any atom is 0.142 e. The molecule has 3 heterocycles. The number of aromatic amines is 1. The van der Waals surface area contributed by atoms with Crippen LogP contribution in [-0.2, 0) is 6.54 Å². The normalized spacial score (nSPS) is 20.5. The van der Waals surface area contributed by atoms with Crippen molar-refractivity contribution in [3.05, 3.63) is 54.0 Å². The van der Waals surface area contributed by atoms with Gasteiger partial charge in [-0.1, -0.05) is 19.1 Å². The molecule has 1 aromatic carbocycles. The van der Waals surface area contributed by atoms with Crippen LogP contribution in [0.25, 0.3) is 11.0 Å². The summed E-state index contributed by atoms with van der Waals surface area (Å²) < 4.78 is 0. The first-order valence-corrected chi connectivity index (χ1v) is 9.38. The first kappa shape index (κ1) is 17.5. The van der Waals surface area contributed by atoms with Gasteiger partial charge in [0.2, 0.25) is 0 Å². The average molecular weight is 360 g/mol. The number of hydrogen-bond acceptors (Lipinski definition) is 5. The van der Waals surface area contributed by atoms with E-state index in [-0.39, 0.29) is 0 Å². The molecule has 138 valence electrons. The second-order valence-corrected chi connectivity index (χ2v) is 7.43. The van der Waals surface area contributed by atoms with E-state index in [1.165, 1.54) is 5.56 Å². The molecule has 1 fully saturated rings. The molecule has 1 saturated heterocycles. The van der Waals surface area contributed by atoms with Crippen LogP contribution in [0.1, 0.15) is 24.5 Å². The molecule has 4 rings (SSSR count). The number of piperidine rings is 1. The fourth-order valence-electron chi connectivity index (χ4n) is 4.06. The van der Waals surface area contributed by atoms with Crippen molar-refractivity contribution >= 4 is 16.9 Å². The van der Waals surface area contributed by atoms with Gasteiger partial charge in [0.15, 0.2) is 0 Å². The van der Waals surface area contributed by atoms with E-state index in [2.05, 4.69) is 50.9 Å². The molecule has 1 aliphatic heterocycles. The summed E-state index contributed by atoms with van der Waals surface area (Å²) in [6.45, 7) is 5.25. The number of aromatic nitrogens is 3. The smallest absolute Gasteiger partial charge is 0.142 e. The first-order valence-electron chi connectivity index (χ1n) is 9.38. The van der Waals surface area contributed by atoms with Crippen LogP contribution in [0.5, 0.6) is 0 Å². The number of nitrogens with one attached hydrogen (secondary N) is 1. The van der Waals surface area contributed by atoms with Gasteiger partial charge in [0.25, 0.3) is 0 Å².